The predicted molar refractivity (Wildman–Crippen MR) is 57.3 cm³/mol. The van der Waals surface area contributed by atoms with Gasteiger partial charge in [0.25, 0.3) is 0 Å². The Morgan fingerprint density at radius 1 is 1.38 bits per heavy atom. The Hall–Kier alpha value is -0.770. The van der Waals surface area contributed by atoms with E-state index in [-0.39, 0.29) is 0 Å². The molecular weight excluding hydrogens is 158 g/mol. The summed E-state index contributed by atoms with van der Waals surface area (Å²) in [5.74, 6) is 0. The van der Waals surface area contributed by atoms with Crippen LogP contribution in [0.2, 0.25) is 0 Å². The van der Waals surface area contributed by atoms with Crippen molar-refractivity contribution in [3.05, 3.63) is 11.6 Å². The van der Waals surface area contributed by atoms with Gasteiger partial charge in [-0.15, -0.1) is 0 Å². The summed E-state index contributed by atoms with van der Waals surface area (Å²) in [6.45, 7) is 8.88. The fraction of sp³-hybridized carbons (Fsp3) is 0.750. The molecule has 13 heavy (non-hydrogen) atoms. The summed E-state index contributed by atoms with van der Waals surface area (Å²) < 4.78 is 0. The van der Waals surface area contributed by atoms with Gasteiger partial charge in [0, 0.05) is 6.08 Å². The molecule has 0 saturated carbocycles. The lowest BCUT2D eigenvalue weighted by Gasteiger charge is -2.17. The van der Waals surface area contributed by atoms with Crippen molar-refractivity contribution in [3.63, 3.8) is 0 Å². The average Bonchev–Trinajstić information content (AvgIpc) is 2.01. The minimum atomic E-state index is 0.422. The van der Waals surface area contributed by atoms with Crippen molar-refractivity contribution in [3.8, 4) is 6.07 Å². The van der Waals surface area contributed by atoms with Crippen molar-refractivity contribution in [2.24, 2.45) is 5.41 Å². The normalized spacial score (nSPS) is 12.7. The standard InChI is InChI=1S/C12H21N/c1-5-11(8-10-13)7-6-9-12(2,3)4/h8H,5-7,9H2,1-4H3/b11-8+. The largest absolute Gasteiger partial charge is 0.193 e. The van der Waals surface area contributed by atoms with Gasteiger partial charge in [-0.1, -0.05) is 33.3 Å². The van der Waals surface area contributed by atoms with Gasteiger partial charge in [-0.05, 0) is 31.1 Å². The van der Waals surface area contributed by atoms with E-state index in [1.165, 1.54) is 18.4 Å². The third-order valence-corrected chi connectivity index (χ3v) is 2.15. The number of nitriles is 1. The third kappa shape index (κ3) is 7.59. The van der Waals surface area contributed by atoms with Crippen LogP contribution in [0.1, 0.15) is 53.4 Å². The maximum atomic E-state index is 8.50. The molecule has 0 aromatic heterocycles. The Kier molecular flexibility index (Phi) is 5.46. The molecule has 0 heterocycles. The van der Waals surface area contributed by atoms with Gasteiger partial charge in [-0.25, -0.2) is 0 Å². The molecule has 1 heteroatoms. The molecule has 0 fully saturated rings. The Bertz CT molecular complexity index is 200. The lowest BCUT2D eigenvalue weighted by molar-refractivity contribution is 0.365. The van der Waals surface area contributed by atoms with Crippen LogP contribution in [-0.2, 0) is 0 Å². The summed E-state index contributed by atoms with van der Waals surface area (Å²) in [7, 11) is 0. The zero-order valence-electron chi connectivity index (χ0n) is 9.35. The predicted octanol–water partition coefficient (Wildman–Crippen LogP) is 4.06. The van der Waals surface area contributed by atoms with E-state index in [0.717, 1.165) is 12.8 Å². The molecule has 0 spiro atoms. The van der Waals surface area contributed by atoms with Gasteiger partial charge >= 0.3 is 0 Å². The minimum absolute atomic E-state index is 0.422. The van der Waals surface area contributed by atoms with E-state index in [2.05, 4.69) is 33.8 Å². The van der Waals surface area contributed by atoms with Crippen LogP contribution in [0.3, 0.4) is 0 Å². The maximum Gasteiger partial charge on any atom is 0.0911 e. The van der Waals surface area contributed by atoms with E-state index in [4.69, 9.17) is 5.26 Å². The van der Waals surface area contributed by atoms with Crippen molar-refractivity contribution in [1.82, 2.24) is 0 Å². The van der Waals surface area contributed by atoms with E-state index in [9.17, 15) is 0 Å². The maximum absolute atomic E-state index is 8.50. The summed E-state index contributed by atoms with van der Waals surface area (Å²) in [6, 6.07) is 2.10. The molecule has 0 aliphatic rings. The van der Waals surface area contributed by atoms with Gasteiger partial charge in [0.15, 0.2) is 0 Å². The molecule has 0 aromatic rings. The average molecular weight is 179 g/mol. The smallest absolute Gasteiger partial charge is 0.0911 e. The molecule has 1 nitrogen and oxygen atoms in total. The molecule has 0 rings (SSSR count). The second kappa shape index (κ2) is 5.80. The van der Waals surface area contributed by atoms with Crippen LogP contribution in [0.4, 0.5) is 0 Å². The molecule has 0 aliphatic heterocycles. The lowest BCUT2D eigenvalue weighted by atomic mass is 9.88. The molecule has 0 aliphatic carbocycles. The lowest BCUT2D eigenvalue weighted by Crippen LogP contribution is -2.04. The van der Waals surface area contributed by atoms with E-state index in [0.29, 0.717) is 5.41 Å². The molecular formula is C12H21N. The van der Waals surface area contributed by atoms with Crippen LogP contribution >= 0.6 is 0 Å². The van der Waals surface area contributed by atoms with Crippen LogP contribution in [0.15, 0.2) is 11.6 Å². The van der Waals surface area contributed by atoms with Crippen LogP contribution in [0.5, 0.6) is 0 Å². The zero-order chi connectivity index (χ0) is 10.3. The van der Waals surface area contributed by atoms with Crippen LogP contribution in [0.25, 0.3) is 0 Å². The number of allylic oxidation sites excluding steroid dienone is 2. The Morgan fingerprint density at radius 2 is 2.00 bits per heavy atom. The first-order valence-corrected chi connectivity index (χ1v) is 5.07. The first-order chi connectivity index (χ1) is 5.99. The second-order valence-electron chi connectivity index (χ2n) is 4.70. The summed E-state index contributed by atoms with van der Waals surface area (Å²) in [5.41, 5.74) is 1.71. The first-order valence-electron chi connectivity index (χ1n) is 5.07. The highest BCUT2D eigenvalue weighted by Gasteiger charge is 2.09. The molecule has 0 unspecified atom stereocenters. The molecule has 0 amide bonds. The molecule has 0 N–H and O–H groups in total. The van der Waals surface area contributed by atoms with Gasteiger partial charge in [0.2, 0.25) is 0 Å². The summed E-state index contributed by atoms with van der Waals surface area (Å²) >= 11 is 0. The molecule has 0 atom stereocenters. The van der Waals surface area contributed by atoms with E-state index < -0.39 is 0 Å². The van der Waals surface area contributed by atoms with Crippen molar-refractivity contribution >= 4 is 0 Å². The molecule has 0 radical (unpaired) electrons. The molecule has 0 bridgehead atoms. The fourth-order valence-corrected chi connectivity index (χ4v) is 1.29. The number of nitrogens with zero attached hydrogens (tertiary/aromatic N) is 1. The summed E-state index contributed by atoms with van der Waals surface area (Å²) in [6.07, 6.45) is 6.22. The number of rotatable bonds is 4. The summed E-state index contributed by atoms with van der Waals surface area (Å²) in [4.78, 5) is 0. The van der Waals surface area contributed by atoms with Crippen molar-refractivity contribution in [1.29, 1.82) is 5.26 Å². The Balaban J connectivity index is 3.76. The highest BCUT2D eigenvalue weighted by molar-refractivity contribution is 5.12. The molecule has 0 saturated heterocycles. The van der Waals surface area contributed by atoms with Gasteiger partial charge in [-0.3, -0.25) is 0 Å². The quantitative estimate of drug-likeness (QED) is 0.597. The van der Waals surface area contributed by atoms with Crippen molar-refractivity contribution in [2.75, 3.05) is 0 Å². The van der Waals surface area contributed by atoms with Gasteiger partial charge in [0.1, 0.15) is 0 Å². The third-order valence-electron chi connectivity index (χ3n) is 2.15. The number of hydrogen-bond acceptors (Lipinski definition) is 1. The second-order valence-corrected chi connectivity index (χ2v) is 4.70. The van der Waals surface area contributed by atoms with E-state index >= 15 is 0 Å². The minimum Gasteiger partial charge on any atom is -0.193 e. The zero-order valence-corrected chi connectivity index (χ0v) is 9.35. The van der Waals surface area contributed by atoms with Crippen LogP contribution < -0.4 is 0 Å². The van der Waals surface area contributed by atoms with Crippen LogP contribution in [-0.4, -0.2) is 0 Å². The van der Waals surface area contributed by atoms with Crippen molar-refractivity contribution in [2.45, 2.75) is 53.4 Å². The van der Waals surface area contributed by atoms with E-state index in [1.807, 2.05) is 0 Å². The Labute approximate surface area is 82.5 Å². The monoisotopic (exact) mass is 179 g/mol. The number of hydrogen-bond donors (Lipinski definition) is 0. The fourth-order valence-electron chi connectivity index (χ4n) is 1.29. The topological polar surface area (TPSA) is 23.8 Å². The van der Waals surface area contributed by atoms with E-state index in [1.54, 1.807) is 6.08 Å². The van der Waals surface area contributed by atoms with Crippen molar-refractivity contribution < 1.29 is 0 Å². The van der Waals surface area contributed by atoms with Gasteiger partial charge in [0.05, 0.1) is 6.07 Å². The molecule has 74 valence electrons. The SMILES string of the molecule is CC/C(=C\C#N)CCCC(C)(C)C. The Morgan fingerprint density at radius 3 is 2.38 bits per heavy atom. The van der Waals surface area contributed by atoms with Gasteiger partial charge < -0.3 is 0 Å². The highest BCUT2D eigenvalue weighted by Crippen LogP contribution is 2.23. The highest BCUT2D eigenvalue weighted by atomic mass is 14.2. The van der Waals surface area contributed by atoms with Crippen LogP contribution in [0, 0.1) is 16.7 Å². The summed E-state index contributed by atoms with van der Waals surface area (Å²) in [5, 5.41) is 8.50. The van der Waals surface area contributed by atoms with Gasteiger partial charge in [-0.2, -0.15) is 5.26 Å². The first kappa shape index (κ1) is 12.2. The molecule has 0 aromatic carbocycles.